The molecule has 1 amide bonds. The van der Waals surface area contributed by atoms with Crippen molar-refractivity contribution in [2.75, 3.05) is 13.1 Å². The number of nitrogens with zero attached hydrogens (tertiary/aromatic N) is 3. The summed E-state index contributed by atoms with van der Waals surface area (Å²) in [6.45, 7) is 7.93. The molecular formula is C19H26N4O. The minimum Gasteiger partial charge on any atom is -0.337 e. The number of carbonyl (C=O) groups is 1. The van der Waals surface area contributed by atoms with E-state index in [1.807, 2.05) is 29.3 Å². The molecule has 1 saturated heterocycles. The summed E-state index contributed by atoms with van der Waals surface area (Å²) in [5.41, 5.74) is 2.59. The maximum atomic E-state index is 12.8. The first-order chi connectivity index (χ1) is 11.4. The van der Waals surface area contributed by atoms with Gasteiger partial charge in [-0.15, -0.1) is 0 Å². The van der Waals surface area contributed by atoms with Crippen molar-refractivity contribution in [3.05, 3.63) is 47.5 Å². The molecule has 2 aromatic rings. The molecule has 3 heterocycles. The number of carbonyl (C=O) groups excluding carboxylic acids is 1. The van der Waals surface area contributed by atoms with Gasteiger partial charge in [-0.25, -0.2) is 0 Å². The first-order valence-corrected chi connectivity index (χ1v) is 8.68. The van der Waals surface area contributed by atoms with Gasteiger partial charge in [0.25, 0.3) is 5.91 Å². The van der Waals surface area contributed by atoms with Gasteiger partial charge in [0.2, 0.25) is 0 Å². The van der Waals surface area contributed by atoms with Crippen LogP contribution in [0, 0.1) is 5.92 Å². The quantitative estimate of drug-likeness (QED) is 0.942. The normalized spacial score (nSPS) is 18.6. The lowest BCUT2D eigenvalue weighted by atomic mass is 9.91. The highest BCUT2D eigenvalue weighted by Crippen LogP contribution is 2.24. The number of aromatic nitrogens is 3. The number of hydrogen-bond acceptors (Lipinski definition) is 3. The summed E-state index contributed by atoms with van der Waals surface area (Å²) in [4.78, 5) is 19.1. The van der Waals surface area contributed by atoms with Crippen molar-refractivity contribution in [1.82, 2.24) is 20.1 Å². The summed E-state index contributed by atoms with van der Waals surface area (Å²) in [6, 6.07) is 7.91. The standard InChI is InChI=1S/C19H26N4O/c1-19(2,3)17-12-16(21-22-17)18(24)23-10-6-7-14(13-23)11-15-8-4-5-9-20-15/h4-5,8-9,12,14H,6-7,10-11,13H2,1-3H3,(H,21,22). The highest BCUT2D eigenvalue weighted by Gasteiger charge is 2.27. The van der Waals surface area contributed by atoms with Gasteiger partial charge in [-0.05, 0) is 43.4 Å². The number of hydrogen-bond donors (Lipinski definition) is 1. The molecule has 128 valence electrons. The van der Waals surface area contributed by atoms with Crippen LogP contribution in [0.1, 0.15) is 55.5 Å². The third kappa shape index (κ3) is 3.83. The van der Waals surface area contributed by atoms with Gasteiger partial charge < -0.3 is 4.90 Å². The van der Waals surface area contributed by atoms with Gasteiger partial charge in [0.1, 0.15) is 5.69 Å². The topological polar surface area (TPSA) is 61.9 Å². The monoisotopic (exact) mass is 326 g/mol. The van der Waals surface area contributed by atoms with Gasteiger partial charge in [0.15, 0.2) is 0 Å². The van der Waals surface area contributed by atoms with Gasteiger partial charge in [0.05, 0.1) is 0 Å². The fourth-order valence-corrected chi connectivity index (χ4v) is 3.21. The summed E-state index contributed by atoms with van der Waals surface area (Å²) in [7, 11) is 0. The van der Waals surface area contributed by atoms with Gasteiger partial charge >= 0.3 is 0 Å². The van der Waals surface area contributed by atoms with E-state index in [1.54, 1.807) is 0 Å². The van der Waals surface area contributed by atoms with Crippen molar-refractivity contribution in [3.63, 3.8) is 0 Å². The maximum absolute atomic E-state index is 12.8. The van der Waals surface area contributed by atoms with Crippen LogP contribution in [0.4, 0.5) is 0 Å². The Hall–Kier alpha value is -2.17. The lowest BCUT2D eigenvalue weighted by Gasteiger charge is -2.32. The molecule has 0 bridgehead atoms. The van der Waals surface area contributed by atoms with Crippen LogP contribution in [-0.2, 0) is 11.8 Å². The molecule has 1 aliphatic rings. The summed E-state index contributed by atoms with van der Waals surface area (Å²) in [5.74, 6) is 0.506. The van der Waals surface area contributed by atoms with E-state index in [0.29, 0.717) is 11.6 Å². The molecule has 0 spiro atoms. The molecule has 2 aromatic heterocycles. The van der Waals surface area contributed by atoms with E-state index in [1.165, 1.54) is 0 Å². The number of H-pyrrole nitrogens is 1. The Kier molecular flexibility index (Phi) is 4.69. The zero-order valence-corrected chi connectivity index (χ0v) is 14.7. The molecular weight excluding hydrogens is 300 g/mol. The minimum absolute atomic E-state index is 0.0328. The molecule has 1 fully saturated rings. The average Bonchev–Trinajstić information content (AvgIpc) is 3.06. The number of pyridine rings is 1. The van der Waals surface area contributed by atoms with Crippen LogP contribution in [0.3, 0.4) is 0 Å². The molecule has 0 aliphatic carbocycles. The van der Waals surface area contributed by atoms with Gasteiger partial charge in [-0.3, -0.25) is 14.9 Å². The van der Waals surface area contributed by atoms with E-state index in [0.717, 1.165) is 43.7 Å². The second kappa shape index (κ2) is 6.75. The molecule has 0 radical (unpaired) electrons. The summed E-state index contributed by atoms with van der Waals surface area (Å²) >= 11 is 0. The van der Waals surface area contributed by atoms with Crippen molar-refractivity contribution >= 4 is 5.91 Å². The molecule has 0 aromatic carbocycles. The van der Waals surface area contributed by atoms with Crippen LogP contribution in [0.5, 0.6) is 0 Å². The summed E-state index contributed by atoms with van der Waals surface area (Å²) in [6.07, 6.45) is 4.95. The second-order valence-electron chi connectivity index (χ2n) is 7.70. The first kappa shape index (κ1) is 16.7. The largest absolute Gasteiger partial charge is 0.337 e. The van der Waals surface area contributed by atoms with E-state index in [4.69, 9.17) is 0 Å². The Morgan fingerprint density at radius 2 is 2.21 bits per heavy atom. The molecule has 3 rings (SSSR count). The lowest BCUT2D eigenvalue weighted by Crippen LogP contribution is -2.40. The Labute approximate surface area is 143 Å². The second-order valence-corrected chi connectivity index (χ2v) is 7.70. The van der Waals surface area contributed by atoms with Crippen LogP contribution in [0.25, 0.3) is 0 Å². The van der Waals surface area contributed by atoms with Crippen molar-refractivity contribution in [2.24, 2.45) is 5.92 Å². The molecule has 1 atom stereocenters. The van der Waals surface area contributed by atoms with Crippen molar-refractivity contribution in [1.29, 1.82) is 0 Å². The number of piperidine rings is 1. The van der Waals surface area contributed by atoms with Crippen molar-refractivity contribution < 1.29 is 4.79 Å². The van der Waals surface area contributed by atoms with E-state index < -0.39 is 0 Å². The summed E-state index contributed by atoms with van der Waals surface area (Å²) < 4.78 is 0. The maximum Gasteiger partial charge on any atom is 0.274 e. The van der Waals surface area contributed by atoms with Crippen molar-refractivity contribution in [2.45, 2.75) is 45.4 Å². The molecule has 5 heteroatoms. The molecule has 1 N–H and O–H groups in total. The third-order valence-corrected chi connectivity index (χ3v) is 4.64. The Bertz CT molecular complexity index is 687. The molecule has 0 saturated carbocycles. The number of likely N-dealkylation sites (tertiary alicyclic amines) is 1. The fraction of sp³-hybridized carbons (Fsp3) is 0.526. The zero-order chi connectivity index (χ0) is 17.2. The van der Waals surface area contributed by atoms with E-state index in [-0.39, 0.29) is 11.3 Å². The van der Waals surface area contributed by atoms with Gasteiger partial charge in [0, 0.05) is 36.1 Å². The molecule has 1 unspecified atom stereocenters. The van der Waals surface area contributed by atoms with Crippen LogP contribution >= 0.6 is 0 Å². The number of aromatic amines is 1. The first-order valence-electron chi connectivity index (χ1n) is 8.68. The molecule has 5 nitrogen and oxygen atoms in total. The van der Waals surface area contributed by atoms with Crippen LogP contribution in [0.2, 0.25) is 0 Å². The SMILES string of the molecule is CC(C)(C)c1cc(C(=O)N2CCCC(Cc3ccccn3)C2)n[nH]1. The van der Waals surface area contributed by atoms with Crippen LogP contribution < -0.4 is 0 Å². The van der Waals surface area contributed by atoms with Crippen LogP contribution in [0.15, 0.2) is 30.5 Å². The average molecular weight is 326 g/mol. The minimum atomic E-state index is -0.0328. The highest BCUT2D eigenvalue weighted by molar-refractivity contribution is 5.92. The predicted octanol–water partition coefficient (Wildman–Crippen LogP) is 3.20. The predicted molar refractivity (Wildman–Crippen MR) is 93.9 cm³/mol. The number of amides is 1. The van der Waals surface area contributed by atoms with E-state index in [9.17, 15) is 4.79 Å². The van der Waals surface area contributed by atoms with Crippen LogP contribution in [-0.4, -0.2) is 39.1 Å². The lowest BCUT2D eigenvalue weighted by molar-refractivity contribution is 0.0667. The van der Waals surface area contributed by atoms with Crippen molar-refractivity contribution in [3.8, 4) is 0 Å². The van der Waals surface area contributed by atoms with E-state index >= 15 is 0 Å². The Morgan fingerprint density at radius 3 is 2.88 bits per heavy atom. The smallest absolute Gasteiger partial charge is 0.274 e. The fourth-order valence-electron chi connectivity index (χ4n) is 3.21. The van der Waals surface area contributed by atoms with Gasteiger partial charge in [-0.2, -0.15) is 5.10 Å². The highest BCUT2D eigenvalue weighted by atomic mass is 16.2. The Morgan fingerprint density at radius 1 is 1.38 bits per heavy atom. The molecule has 24 heavy (non-hydrogen) atoms. The zero-order valence-electron chi connectivity index (χ0n) is 14.7. The Balaban J connectivity index is 1.66. The number of nitrogens with one attached hydrogen (secondary N) is 1. The number of rotatable bonds is 3. The summed E-state index contributed by atoms with van der Waals surface area (Å²) in [5, 5.41) is 7.25. The third-order valence-electron chi connectivity index (χ3n) is 4.64. The molecule has 1 aliphatic heterocycles. The van der Waals surface area contributed by atoms with Gasteiger partial charge in [-0.1, -0.05) is 26.8 Å². The van der Waals surface area contributed by atoms with E-state index in [2.05, 4.69) is 42.0 Å².